The van der Waals surface area contributed by atoms with Crippen molar-refractivity contribution in [2.75, 3.05) is 11.6 Å². The van der Waals surface area contributed by atoms with Crippen molar-refractivity contribution in [1.29, 1.82) is 0 Å². The summed E-state index contributed by atoms with van der Waals surface area (Å²) in [7, 11) is 0. The fourth-order valence-corrected chi connectivity index (χ4v) is 3.29. The van der Waals surface area contributed by atoms with Crippen molar-refractivity contribution < 1.29 is 19.1 Å². The van der Waals surface area contributed by atoms with Gasteiger partial charge in [-0.2, -0.15) is 0 Å². The summed E-state index contributed by atoms with van der Waals surface area (Å²) in [5.74, 6) is -0.430. The molecule has 1 atom stereocenters. The molecule has 19 heavy (non-hydrogen) atoms. The monoisotopic (exact) mass is 277 g/mol. The molecule has 1 fully saturated rings. The Morgan fingerprint density at radius 3 is 2.95 bits per heavy atom. The molecule has 1 aromatic carbocycles. The number of aliphatic carboxylic acids is 1. The van der Waals surface area contributed by atoms with Gasteiger partial charge in [0.2, 0.25) is 0 Å². The number of carbonyl (C=O) groups is 2. The van der Waals surface area contributed by atoms with E-state index in [1.165, 1.54) is 22.9 Å². The molecule has 5 nitrogen and oxygen atoms in total. The van der Waals surface area contributed by atoms with E-state index in [0.29, 0.717) is 28.2 Å². The van der Waals surface area contributed by atoms with Crippen LogP contribution in [0.15, 0.2) is 34.9 Å². The standard InChI is InChI=1S/C13H11NO4S/c15-12(14-7-19-6-10(14)13(16)17)9-5-18-11-4-2-1-3-8(9)11/h1-5,10H,6-7H2,(H,16,17)/t10-/m0/s1. The lowest BCUT2D eigenvalue weighted by molar-refractivity contribution is -0.140. The van der Waals surface area contributed by atoms with Crippen LogP contribution in [0.1, 0.15) is 10.4 Å². The van der Waals surface area contributed by atoms with Crippen molar-refractivity contribution in [2.24, 2.45) is 0 Å². The normalized spacial score (nSPS) is 18.9. The van der Waals surface area contributed by atoms with E-state index < -0.39 is 12.0 Å². The number of furan rings is 1. The van der Waals surface area contributed by atoms with Crippen LogP contribution in [0.5, 0.6) is 0 Å². The molecular weight excluding hydrogens is 266 g/mol. The van der Waals surface area contributed by atoms with E-state index in [2.05, 4.69) is 0 Å². The molecule has 0 saturated carbocycles. The van der Waals surface area contributed by atoms with Crippen molar-refractivity contribution in [3.05, 3.63) is 36.1 Å². The van der Waals surface area contributed by atoms with Crippen LogP contribution in [-0.2, 0) is 4.79 Å². The summed E-state index contributed by atoms with van der Waals surface area (Å²) in [5.41, 5.74) is 1.05. The van der Waals surface area contributed by atoms with Crippen LogP contribution < -0.4 is 0 Å². The Labute approximate surface area is 113 Å². The third-order valence-corrected chi connectivity index (χ3v) is 4.15. The van der Waals surface area contributed by atoms with Crippen LogP contribution >= 0.6 is 11.8 Å². The van der Waals surface area contributed by atoms with Crippen molar-refractivity contribution in [1.82, 2.24) is 4.90 Å². The summed E-state index contributed by atoms with van der Waals surface area (Å²) in [6, 6.07) is 6.46. The quantitative estimate of drug-likeness (QED) is 0.909. The number of carbonyl (C=O) groups excluding carboxylic acids is 1. The lowest BCUT2D eigenvalue weighted by Crippen LogP contribution is -2.41. The van der Waals surface area contributed by atoms with Gasteiger partial charge in [-0.25, -0.2) is 4.79 Å². The highest BCUT2D eigenvalue weighted by atomic mass is 32.2. The van der Waals surface area contributed by atoms with E-state index in [9.17, 15) is 9.59 Å². The highest BCUT2D eigenvalue weighted by Crippen LogP contribution is 2.27. The number of hydrogen-bond acceptors (Lipinski definition) is 4. The third kappa shape index (κ3) is 1.98. The summed E-state index contributed by atoms with van der Waals surface area (Å²) in [6.45, 7) is 0. The zero-order valence-corrected chi connectivity index (χ0v) is 10.7. The van der Waals surface area contributed by atoms with E-state index in [4.69, 9.17) is 9.52 Å². The predicted molar refractivity (Wildman–Crippen MR) is 71.1 cm³/mol. The number of fused-ring (bicyclic) bond motifs is 1. The first kappa shape index (κ1) is 12.1. The molecule has 0 radical (unpaired) electrons. The maximum absolute atomic E-state index is 12.4. The smallest absolute Gasteiger partial charge is 0.327 e. The molecule has 1 aliphatic rings. The van der Waals surface area contributed by atoms with Gasteiger partial charge < -0.3 is 14.4 Å². The minimum atomic E-state index is -0.967. The molecule has 3 rings (SSSR count). The van der Waals surface area contributed by atoms with Crippen molar-refractivity contribution in [2.45, 2.75) is 6.04 Å². The van der Waals surface area contributed by atoms with Gasteiger partial charge in [0.05, 0.1) is 11.4 Å². The minimum Gasteiger partial charge on any atom is -0.480 e. The van der Waals surface area contributed by atoms with Gasteiger partial charge in [0.1, 0.15) is 17.9 Å². The molecule has 0 unspecified atom stereocenters. The average Bonchev–Trinajstić information content (AvgIpc) is 3.05. The third-order valence-electron chi connectivity index (χ3n) is 3.14. The van der Waals surface area contributed by atoms with Gasteiger partial charge in [0, 0.05) is 11.1 Å². The van der Waals surface area contributed by atoms with Crippen LogP contribution in [0.4, 0.5) is 0 Å². The largest absolute Gasteiger partial charge is 0.480 e. The molecule has 0 bridgehead atoms. The second-order valence-electron chi connectivity index (χ2n) is 4.27. The maximum Gasteiger partial charge on any atom is 0.327 e. The molecule has 1 aliphatic heterocycles. The number of amides is 1. The molecule has 2 aromatic rings. The fourth-order valence-electron chi connectivity index (χ4n) is 2.15. The second kappa shape index (κ2) is 4.62. The van der Waals surface area contributed by atoms with Gasteiger partial charge >= 0.3 is 5.97 Å². The van der Waals surface area contributed by atoms with Gasteiger partial charge in [-0.3, -0.25) is 4.79 Å². The van der Waals surface area contributed by atoms with Gasteiger partial charge in [0.15, 0.2) is 0 Å². The van der Waals surface area contributed by atoms with Gasteiger partial charge in [-0.1, -0.05) is 18.2 Å². The first-order valence-corrected chi connectivity index (χ1v) is 6.91. The zero-order valence-electron chi connectivity index (χ0n) is 9.91. The average molecular weight is 277 g/mol. The van der Waals surface area contributed by atoms with E-state index in [1.807, 2.05) is 12.1 Å². The fraction of sp³-hybridized carbons (Fsp3) is 0.231. The maximum atomic E-state index is 12.4. The number of benzene rings is 1. The summed E-state index contributed by atoms with van der Waals surface area (Å²) < 4.78 is 5.32. The first-order valence-electron chi connectivity index (χ1n) is 5.76. The molecule has 1 N–H and O–H groups in total. The Morgan fingerprint density at radius 2 is 2.16 bits per heavy atom. The van der Waals surface area contributed by atoms with Crippen LogP contribution in [0.2, 0.25) is 0 Å². The summed E-state index contributed by atoms with van der Waals surface area (Å²) in [6.07, 6.45) is 1.40. The Hall–Kier alpha value is -1.95. The molecule has 2 heterocycles. The molecular formula is C13H11NO4S. The number of para-hydroxylation sites is 1. The van der Waals surface area contributed by atoms with Crippen LogP contribution in [0, 0.1) is 0 Å². The Kier molecular flexibility index (Phi) is 2.94. The van der Waals surface area contributed by atoms with E-state index >= 15 is 0 Å². The number of carboxylic acids is 1. The van der Waals surface area contributed by atoms with Crippen LogP contribution in [0.25, 0.3) is 11.0 Å². The van der Waals surface area contributed by atoms with Crippen molar-refractivity contribution in [3.8, 4) is 0 Å². The highest BCUT2D eigenvalue weighted by molar-refractivity contribution is 7.99. The predicted octanol–water partition coefficient (Wildman–Crippen LogP) is 2.03. The summed E-state index contributed by atoms with van der Waals surface area (Å²) >= 11 is 1.44. The molecule has 1 saturated heterocycles. The number of nitrogens with zero attached hydrogens (tertiary/aromatic N) is 1. The molecule has 98 valence electrons. The van der Waals surface area contributed by atoms with E-state index in [1.54, 1.807) is 12.1 Å². The minimum absolute atomic E-state index is 0.289. The zero-order chi connectivity index (χ0) is 13.4. The molecule has 1 aromatic heterocycles. The first-order chi connectivity index (χ1) is 9.18. The molecule has 0 spiro atoms. The lowest BCUT2D eigenvalue weighted by Gasteiger charge is -2.19. The Balaban J connectivity index is 1.98. The molecule has 1 amide bonds. The SMILES string of the molecule is O=C(O)[C@@H]1CSCN1C(=O)c1coc2ccccc12. The highest BCUT2D eigenvalue weighted by Gasteiger charge is 2.36. The number of carboxylic acid groups (broad SMARTS) is 1. The lowest BCUT2D eigenvalue weighted by atomic mass is 10.1. The van der Waals surface area contributed by atoms with Crippen LogP contribution in [0.3, 0.4) is 0 Å². The van der Waals surface area contributed by atoms with E-state index in [0.717, 1.165) is 0 Å². The Morgan fingerprint density at radius 1 is 1.37 bits per heavy atom. The van der Waals surface area contributed by atoms with Gasteiger partial charge in [-0.15, -0.1) is 11.8 Å². The van der Waals surface area contributed by atoms with Gasteiger partial charge in [0.25, 0.3) is 5.91 Å². The van der Waals surface area contributed by atoms with Crippen molar-refractivity contribution >= 4 is 34.6 Å². The van der Waals surface area contributed by atoms with Crippen molar-refractivity contribution in [3.63, 3.8) is 0 Å². The molecule has 6 heteroatoms. The number of hydrogen-bond donors (Lipinski definition) is 1. The Bertz CT molecular complexity index is 651. The summed E-state index contributed by atoms with van der Waals surface area (Å²) in [5, 5.41) is 9.83. The summed E-state index contributed by atoms with van der Waals surface area (Å²) in [4.78, 5) is 24.9. The van der Waals surface area contributed by atoms with E-state index in [-0.39, 0.29) is 5.91 Å². The molecule has 0 aliphatic carbocycles. The number of thioether (sulfide) groups is 1. The van der Waals surface area contributed by atoms with Gasteiger partial charge in [-0.05, 0) is 6.07 Å². The second-order valence-corrected chi connectivity index (χ2v) is 5.27. The number of rotatable bonds is 2. The van der Waals surface area contributed by atoms with Crippen LogP contribution in [-0.4, -0.2) is 39.6 Å². The topological polar surface area (TPSA) is 70.8 Å².